The van der Waals surface area contributed by atoms with E-state index in [-0.39, 0.29) is 12.8 Å². The van der Waals surface area contributed by atoms with Crippen LogP contribution in [0.3, 0.4) is 0 Å². The van der Waals surface area contributed by atoms with Crippen molar-refractivity contribution in [2.24, 2.45) is 0 Å². The van der Waals surface area contributed by atoms with Crippen LogP contribution in [0.5, 0.6) is 0 Å². The van der Waals surface area contributed by atoms with E-state index in [1.807, 2.05) is 22.6 Å². The van der Waals surface area contributed by atoms with Crippen LogP contribution in [0.4, 0.5) is 8.78 Å². The molecule has 1 aliphatic heterocycles. The molecule has 1 aromatic heterocycles. The van der Waals surface area contributed by atoms with Crippen molar-refractivity contribution in [3.63, 3.8) is 0 Å². The maximum absolute atomic E-state index is 13.3. The molecule has 1 N–H and O–H groups in total. The minimum atomic E-state index is -0.872. The van der Waals surface area contributed by atoms with Gasteiger partial charge in [-0.1, -0.05) is 0 Å². The van der Waals surface area contributed by atoms with Crippen molar-refractivity contribution in [2.45, 2.75) is 25.4 Å². The molecule has 2 rings (SSSR count). The highest BCUT2D eigenvalue weighted by atomic mass is 127. The largest absolute Gasteiger partial charge is 0.358 e. The van der Waals surface area contributed by atoms with Crippen LogP contribution >= 0.6 is 22.6 Å². The molecular weight excluding hydrogens is 329 g/mol. The van der Waals surface area contributed by atoms with Gasteiger partial charge in [-0.2, -0.15) is 4.39 Å². The summed E-state index contributed by atoms with van der Waals surface area (Å²) in [6.07, 6.45) is 0.526. The number of ether oxygens (including phenoxy) is 1. The zero-order valence-corrected chi connectivity index (χ0v) is 10.6. The van der Waals surface area contributed by atoms with Crippen LogP contribution in [0.25, 0.3) is 0 Å². The third-order valence-electron chi connectivity index (χ3n) is 2.41. The molecule has 6 heteroatoms. The van der Waals surface area contributed by atoms with Crippen LogP contribution in [0, 0.1) is 9.52 Å². The highest BCUT2D eigenvalue weighted by Gasteiger charge is 2.24. The van der Waals surface area contributed by atoms with Crippen LogP contribution in [0.2, 0.25) is 0 Å². The Bertz CT molecular complexity index is 358. The standard InChI is InChI=1S/C10H11F2IN2O/c11-6-3-9(15-4-6)16-5-7-8(13)1-2-14-10(7)12/h1-2,6,9,15H,3-5H2/t6-,9+/m1/s1. The van der Waals surface area contributed by atoms with Crippen molar-refractivity contribution in [1.82, 2.24) is 10.3 Å². The number of nitrogens with zero attached hydrogens (tertiary/aromatic N) is 1. The molecule has 1 fully saturated rings. The van der Waals surface area contributed by atoms with Gasteiger partial charge in [0.2, 0.25) is 5.95 Å². The molecule has 1 aliphatic rings. The van der Waals surface area contributed by atoms with Crippen molar-refractivity contribution in [1.29, 1.82) is 0 Å². The first-order valence-electron chi connectivity index (χ1n) is 4.94. The maximum Gasteiger partial charge on any atom is 0.219 e. The fourth-order valence-electron chi connectivity index (χ4n) is 1.54. The van der Waals surface area contributed by atoms with Crippen LogP contribution < -0.4 is 5.32 Å². The Morgan fingerprint density at radius 1 is 1.62 bits per heavy atom. The van der Waals surface area contributed by atoms with Gasteiger partial charge in [0.05, 0.1) is 6.61 Å². The molecule has 2 heterocycles. The van der Waals surface area contributed by atoms with E-state index in [4.69, 9.17) is 4.74 Å². The number of pyridine rings is 1. The summed E-state index contributed by atoms with van der Waals surface area (Å²) in [5, 5.41) is 2.87. The Morgan fingerprint density at radius 3 is 3.06 bits per heavy atom. The lowest BCUT2D eigenvalue weighted by Gasteiger charge is -2.12. The normalized spacial score (nSPS) is 24.9. The van der Waals surface area contributed by atoms with Crippen LogP contribution in [0.15, 0.2) is 12.3 Å². The first kappa shape index (κ1) is 12.1. The van der Waals surface area contributed by atoms with Gasteiger partial charge in [0.15, 0.2) is 0 Å². The second-order valence-electron chi connectivity index (χ2n) is 3.60. The number of rotatable bonds is 3. The fourth-order valence-corrected chi connectivity index (χ4v) is 2.08. The van der Waals surface area contributed by atoms with E-state index in [1.165, 1.54) is 6.20 Å². The number of aromatic nitrogens is 1. The third kappa shape index (κ3) is 2.86. The number of hydrogen-bond acceptors (Lipinski definition) is 3. The monoisotopic (exact) mass is 340 g/mol. The molecule has 0 bridgehead atoms. The highest BCUT2D eigenvalue weighted by molar-refractivity contribution is 14.1. The molecular formula is C10H11F2IN2O. The van der Waals surface area contributed by atoms with Crippen LogP contribution in [0.1, 0.15) is 12.0 Å². The topological polar surface area (TPSA) is 34.1 Å². The summed E-state index contributed by atoms with van der Waals surface area (Å²) >= 11 is 2.02. The van der Waals surface area contributed by atoms with E-state index >= 15 is 0 Å². The van der Waals surface area contributed by atoms with Gasteiger partial charge < -0.3 is 4.74 Å². The SMILES string of the molecule is Fc1nccc(I)c1CO[C@H]1C[C@@H](F)CN1. The van der Waals surface area contributed by atoms with Gasteiger partial charge >= 0.3 is 0 Å². The number of alkyl halides is 1. The fraction of sp³-hybridized carbons (Fsp3) is 0.500. The van der Waals surface area contributed by atoms with Gasteiger partial charge in [-0.3, -0.25) is 5.32 Å². The Morgan fingerprint density at radius 2 is 2.44 bits per heavy atom. The van der Waals surface area contributed by atoms with Crippen molar-refractivity contribution in [3.05, 3.63) is 27.3 Å². The molecule has 0 radical (unpaired) electrons. The second kappa shape index (κ2) is 5.33. The third-order valence-corrected chi connectivity index (χ3v) is 3.42. The van der Waals surface area contributed by atoms with Crippen LogP contribution in [-0.4, -0.2) is 23.9 Å². The lowest BCUT2D eigenvalue weighted by Crippen LogP contribution is -2.24. The van der Waals surface area contributed by atoms with E-state index < -0.39 is 12.1 Å². The Hall–Kier alpha value is -0.340. The van der Waals surface area contributed by atoms with Crippen molar-refractivity contribution >= 4 is 22.6 Å². The van der Waals surface area contributed by atoms with Crippen LogP contribution in [-0.2, 0) is 11.3 Å². The molecule has 0 aromatic carbocycles. The molecule has 3 nitrogen and oxygen atoms in total. The minimum Gasteiger partial charge on any atom is -0.358 e. The summed E-state index contributed by atoms with van der Waals surface area (Å²) in [6, 6.07) is 1.71. The molecule has 2 atom stereocenters. The number of nitrogens with one attached hydrogen (secondary N) is 1. The number of halogens is 3. The van der Waals surface area contributed by atoms with Gasteiger partial charge in [0.25, 0.3) is 0 Å². The van der Waals surface area contributed by atoms with E-state index in [0.29, 0.717) is 18.5 Å². The first-order valence-corrected chi connectivity index (χ1v) is 6.02. The lowest BCUT2D eigenvalue weighted by molar-refractivity contribution is 0.0256. The summed E-state index contributed by atoms with van der Waals surface area (Å²) in [7, 11) is 0. The average Bonchev–Trinajstić information content (AvgIpc) is 2.63. The van der Waals surface area contributed by atoms with Gasteiger partial charge in [-0.15, -0.1) is 0 Å². The van der Waals surface area contributed by atoms with E-state index in [1.54, 1.807) is 6.07 Å². The Kier molecular flexibility index (Phi) is 4.04. The zero-order chi connectivity index (χ0) is 11.5. The van der Waals surface area contributed by atoms with Crippen molar-refractivity contribution in [2.75, 3.05) is 6.54 Å². The Labute approximate surface area is 106 Å². The molecule has 0 unspecified atom stereocenters. The summed E-state index contributed by atoms with van der Waals surface area (Å²) in [4.78, 5) is 3.55. The molecule has 1 saturated heterocycles. The molecule has 16 heavy (non-hydrogen) atoms. The lowest BCUT2D eigenvalue weighted by atomic mass is 10.3. The summed E-state index contributed by atoms with van der Waals surface area (Å²) in [5.74, 6) is -0.526. The number of hydrogen-bond donors (Lipinski definition) is 1. The van der Waals surface area contributed by atoms with Gasteiger partial charge in [-0.05, 0) is 28.7 Å². The van der Waals surface area contributed by atoms with Gasteiger partial charge in [0, 0.05) is 28.3 Å². The quantitative estimate of drug-likeness (QED) is 0.675. The van der Waals surface area contributed by atoms with Gasteiger partial charge in [-0.25, -0.2) is 9.37 Å². The predicted octanol–water partition coefficient (Wildman–Crippen LogP) is 2.00. The van der Waals surface area contributed by atoms with Crippen molar-refractivity contribution in [3.8, 4) is 0 Å². The molecule has 0 amide bonds. The van der Waals surface area contributed by atoms with Crippen molar-refractivity contribution < 1.29 is 13.5 Å². The van der Waals surface area contributed by atoms with Gasteiger partial charge in [0.1, 0.15) is 12.4 Å². The predicted molar refractivity (Wildman–Crippen MR) is 63.0 cm³/mol. The molecule has 0 aliphatic carbocycles. The Balaban J connectivity index is 1.94. The zero-order valence-electron chi connectivity index (χ0n) is 8.42. The average molecular weight is 340 g/mol. The molecule has 0 spiro atoms. The van der Waals surface area contributed by atoms with E-state index in [0.717, 1.165) is 3.57 Å². The highest BCUT2D eigenvalue weighted by Crippen LogP contribution is 2.18. The molecule has 88 valence electrons. The first-order chi connectivity index (χ1) is 7.66. The minimum absolute atomic E-state index is 0.113. The summed E-state index contributed by atoms with van der Waals surface area (Å²) in [5.41, 5.74) is 0.423. The molecule has 0 saturated carbocycles. The summed E-state index contributed by atoms with van der Waals surface area (Å²) in [6.45, 7) is 0.416. The van der Waals surface area contributed by atoms with E-state index in [2.05, 4.69) is 10.3 Å². The summed E-state index contributed by atoms with van der Waals surface area (Å²) < 4.78 is 32.3. The molecule has 1 aromatic rings. The van der Waals surface area contributed by atoms with E-state index in [9.17, 15) is 8.78 Å². The second-order valence-corrected chi connectivity index (χ2v) is 4.77. The maximum atomic E-state index is 13.3. The smallest absolute Gasteiger partial charge is 0.219 e.